The van der Waals surface area contributed by atoms with Crippen LogP contribution in [0.2, 0.25) is 10.0 Å². The molecule has 0 aliphatic heterocycles. The van der Waals surface area contributed by atoms with Crippen LogP contribution in [-0.4, -0.2) is 61.5 Å². The van der Waals surface area contributed by atoms with Crippen LogP contribution in [0.1, 0.15) is 37.7 Å². The average molecular weight is 568 g/mol. The van der Waals surface area contributed by atoms with Crippen molar-refractivity contribution in [3.05, 3.63) is 63.0 Å². The predicted octanol–water partition coefficient (Wildman–Crippen LogP) is 7.01. The number of halogens is 2. The van der Waals surface area contributed by atoms with Crippen molar-refractivity contribution < 1.29 is 9.53 Å². The number of nitroso groups, excluding NO2 is 1. The van der Waals surface area contributed by atoms with Crippen LogP contribution in [0.4, 0.5) is 11.4 Å². The Morgan fingerprint density at radius 1 is 1.05 bits per heavy atom. The molecule has 2 aromatic carbocycles. The van der Waals surface area contributed by atoms with Crippen LogP contribution in [-0.2, 0) is 16.0 Å². The van der Waals surface area contributed by atoms with Gasteiger partial charge in [-0.1, -0.05) is 66.7 Å². The molecule has 1 N–H and O–H groups in total. The topological polar surface area (TPSA) is 74.2 Å². The number of carbonyl (C=O) groups is 1. The van der Waals surface area contributed by atoms with E-state index >= 15 is 0 Å². The number of hydrogen-bond donors (Lipinski definition) is 1. The third kappa shape index (κ3) is 9.45. The lowest BCUT2D eigenvalue weighted by Crippen LogP contribution is -2.44. The zero-order valence-corrected chi connectivity index (χ0v) is 23.8. The highest BCUT2D eigenvalue weighted by Crippen LogP contribution is 2.35. The van der Waals surface area contributed by atoms with Crippen LogP contribution in [0.3, 0.4) is 0 Å². The number of hydrogen-bond acceptors (Lipinski definition) is 8. The van der Waals surface area contributed by atoms with Crippen molar-refractivity contribution in [1.82, 2.24) is 9.80 Å². The molecule has 1 aliphatic rings. The summed E-state index contributed by atoms with van der Waals surface area (Å²) in [6.45, 7) is 2.43. The Bertz CT molecular complexity index is 1000. The molecule has 0 aromatic heterocycles. The second kappa shape index (κ2) is 15.5. The molecule has 1 fully saturated rings. The van der Waals surface area contributed by atoms with E-state index in [-0.39, 0.29) is 24.4 Å². The van der Waals surface area contributed by atoms with Crippen molar-refractivity contribution in [3.63, 3.8) is 0 Å². The third-order valence-electron chi connectivity index (χ3n) is 6.61. The van der Waals surface area contributed by atoms with Crippen molar-refractivity contribution in [3.8, 4) is 0 Å². The van der Waals surface area contributed by atoms with Gasteiger partial charge in [-0.3, -0.25) is 9.69 Å². The maximum atomic E-state index is 12.8. The highest BCUT2D eigenvalue weighted by molar-refractivity contribution is 7.98. The molecule has 0 heterocycles. The molecule has 3 rings (SSSR count). The second-order valence-corrected chi connectivity index (χ2v) is 11.2. The zero-order chi connectivity index (χ0) is 26.6. The normalized spacial score (nSPS) is 15.1. The van der Waals surface area contributed by atoms with Gasteiger partial charge in [-0.25, -0.2) is 0 Å². The largest absolute Gasteiger partial charge is 0.464 e. The second-order valence-electron chi connectivity index (χ2n) is 9.58. The summed E-state index contributed by atoms with van der Waals surface area (Å²) in [6, 6.07) is 12.8. The van der Waals surface area contributed by atoms with E-state index in [0.29, 0.717) is 28.2 Å². The first kappa shape index (κ1) is 29.7. The molecular weight excluding hydrogens is 531 g/mol. The lowest BCUT2D eigenvalue weighted by atomic mass is 9.88. The number of likely N-dealkylation sites (N-methyl/N-ethyl adjacent to an activating group) is 1. The number of nitrogens with one attached hydrogen (secondary N) is 1. The smallest absolute Gasteiger partial charge is 0.310 e. The third-order valence-corrected chi connectivity index (χ3v) is 8.23. The monoisotopic (exact) mass is 566 g/mol. The van der Waals surface area contributed by atoms with E-state index in [1.54, 1.807) is 18.2 Å². The number of rotatable bonds is 14. The summed E-state index contributed by atoms with van der Waals surface area (Å²) in [6.07, 6.45) is 5.93. The van der Waals surface area contributed by atoms with E-state index in [4.69, 9.17) is 27.9 Å². The summed E-state index contributed by atoms with van der Waals surface area (Å²) in [5.41, 5.74) is 2.12. The molecule has 202 valence electrons. The Hall–Kier alpha value is -1.84. The van der Waals surface area contributed by atoms with Gasteiger partial charge in [-0.15, -0.1) is 4.91 Å². The van der Waals surface area contributed by atoms with E-state index in [1.807, 2.05) is 38.4 Å². The van der Waals surface area contributed by atoms with Gasteiger partial charge in [0.05, 0.1) is 27.5 Å². The van der Waals surface area contributed by atoms with Gasteiger partial charge < -0.3 is 15.0 Å². The predicted molar refractivity (Wildman–Crippen MR) is 155 cm³/mol. The quantitative estimate of drug-likeness (QED) is 0.114. The Kier molecular flexibility index (Phi) is 12.5. The fourth-order valence-electron chi connectivity index (χ4n) is 4.64. The van der Waals surface area contributed by atoms with Crippen LogP contribution in [0.5, 0.6) is 0 Å². The van der Waals surface area contributed by atoms with E-state index in [2.05, 4.69) is 19.7 Å². The Morgan fingerprint density at radius 3 is 2.43 bits per heavy atom. The number of anilines is 2. The number of ether oxygens (including phenoxy) is 1. The fraction of sp³-hybridized carbons (Fsp3) is 0.519. The highest BCUT2D eigenvalue weighted by atomic mass is 35.5. The van der Waals surface area contributed by atoms with Crippen molar-refractivity contribution in [2.75, 3.05) is 45.7 Å². The molecule has 1 atom stereocenters. The van der Waals surface area contributed by atoms with Crippen LogP contribution in [0.25, 0.3) is 0 Å². The van der Waals surface area contributed by atoms with Gasteiger partial charge >= 0.3 is 5.97 Å². The molecule has 0 bridgehead atoms. The number of para-hydroxylation sites is 2. The zero-order valence-electron chi connectivity index (χ0n) is 21.5. The Balaban J connectivity index is 1.61. The Labute approximate surface area is 234 Å². The van der Waals surface area contributed by atoms with E-state index < -0.39 is 0 Å². The molecule has 1 saturated carbocycles. The van der Waals surface area contributed by atoms with Crippen LogP contribution < -0.4 is 5.32 Å². The number of nitrogens with zero attached hydrogens (tertiary/aromatic N) is 3. The summed E-state index contributed by atoms with van der Waals surface area (Å²) in [5, 5.41) is 4.25. The molecular formula is C27H36Cl2N4O3S. The summed E-state index contributed by atoms with van der Waals surface area (Å²) in [4.78, 5) is 28.4. The summed E-state index contributed by atoms with van der Waals surface area (Å²) >= 11 is 13.7. The van der Waals surface area contributed by atoms with Crippen LogP contribution in [0, 0.1) is 10.8 Å². The average Bonchev–Trinajstić information content (AvgIpc) is 2.88. The van der Waals surface area contributed by atoms with Gasteiger partial charge in [0.1, 0.15) is 6.61 Å². The van der Waals surface area contributed by atoms with Crippen LogP contribution >= 0.6 is 35.1 Å². The molecule has 0 radical (unpaired) electrons. The molecule has 0 saturated heterocycles. The molecule has 10 heteroatoms. The van der Waals surface area contributed by atoms with Crippen molar-refractivity contribution in [2.45, 2.75) is 43.9 Å². The first-order chi connectivity index (χ1) is 17.9. The van der Waals surface area contributed by atoms with Gasteiger partial charge in [0, 0.05) is 41.9 Å². The van der Waals surface area contributed by atoms with Gasteiger partial charge in [0.25, 0.3) is 0 Å². The van der Waals surface area contributed by atoms with E-state index in [9.17, 15) is 9.70 Å². The van der Waals surface area contributed by atoms with E-state index in [1.165, 1.54) is 19.3 Å². The maximum absolute atomic E-state index is 12.8. The molecule has 0 spiro atoms. The molecule has 1 unspecified atom stereocenters. The number of esters is 1. The minimum absolute atomic E-state index is 0.00162. The van der Waals surface area contributed by atoms with Crippen molar-refractivity contribution in [2.24, 2.45) is 10.5 Å². The summed E-state index contributed by atoms with van der Waals surface area (Å²) < 4.78 is 8.85. The number of carbonyl (C=O) groups excluding carboxylic acids is 1. The van der Waals surface area contributed by atoms with Gasteiger partial charge in [0.15, 0.2) is 0 Å². The molecule has 37 heavy (non-hydrogen) atoms. The summed E-state index contributed by atoms with van der Waals surface area (Å²) in [5.74, 6) is 0.103. The molecule has 1 aliphatic carbocycles. The lowest BCUT2D eigenvalue weighted by Gasteiger charge is -2.37. The summed E-state index contributed by atoms with van der Waals surface area (Å²) in [7, 11) is 4.06. The highest BCUT2D eigenvalue weighted by Gasteiger charge is 2.30. The molecule has 2 aromatic rings. The van der Waals surface area contributed by atoms with Crippen molar-refractivity contribution >= 4 is 52.5 Å². The number of benzene rings is 2. The van der Waals surface area contributed by atoms with E-state index in [0.717, 1.165) is 49.1 Å². The van der Waals surface area contributed by atoms with Crippen LogP contribution in [0.15, 0.2) is 47.0 Å². The lowest BCUT2D eigenvalue weighted by molar-refractivity contribution is -0.143. The van der Waals surface area contributed by atoms with Gasteiger partial charge in [-0.05, 0) is 56.6 Å². The SMILES string of the molecule is CN(C)CCN(CCOC(=O)Cc1ccccc1Nc1c(Cl)cccc1Cl)C(SN=O)C1CCCCC1. The first-order valence-corrected chi connectivity index (χ1v) is 14.3. The minimum atomic E-state index is -0.317. The van der Waals surface area contributed by atoms with Gasteiger partial charge in [-0.2, -0.15) is 0 Å². The Morgan fingerprint density at radius 2 is 1.76 bits per heavy atom. The molecule has 0 amide bonds. The maximum Gasteiger partial charge on any atom is 0.310 e. The minimum Gasteiger partial charge on any atom is -0.464 e. The first-order valence-electron chi connectivity index (χ1n) is 12.7. The van der Waals surface area contributed by atoms with Crippen molar-refractivity contribution in [1.29, 1.82) is 0 Å². The standard InChI is InChI=1S/C27H36Cl2N4O3S/c1-32(2)15-16-33(27(37-31-35)20-9-4-3-5-10-20)17-18-36-25(34)19-21-11-6-7-14-24(21)30-26-22(28)12-8-13-23(26)29/h6-8,11-14,20,27,30H,3-5,9-10,15-19H2,1-2H3. The van der Waals surface area contributed by atoms with Gasteiger partial charge in [0.2, 0.25) is 0 Å². The fourth-order valence-corrected chi connectivity index (χ4v) is 6.01. The molecule has 7 nitrogen and oxygen atoms in total.